The lowest BCUT2D eigenvalue weighted by atomic mass is 9.91. The number of Topliss-reactive ketones (excluding diaryl/α,β-unsaturated/α-hetero) is 1. The Bertz CT molecular complexity index is 436. The molecule has 3 heteroatoms. The number of carbonyl (C=O) groups is 1. The molecule has 1 aliphatic heterocycles. The van der Waals surface area contributed by atoms with Gasteiger partial charge in [0.15, 0.2) is 5.78 Å². The van der Waals surface area contributed by atoms with Gasteiger partial charge in [0.2, 0.25) is 0 Å². The number of ketones is 1. The first-order chi connectivity index (χ1) is 9.20. The van der Waals surface area contributed by atoms with Gasteiger partial charge in [-0.05, 0) is 69.5 Å². The largest absolute Gasteiger partial charge is 0.494 e. The van der Waals surface area contributed by atoms with Gasteiger partial charge in [0.1, 0.15) is 5.75 Å². The summed E-state index contributed by atoms with van der Waals surface area (Å²) in [7, 11) is 0. The fourth-order valence-corrected chi connectivity index (χ4v) is 2.62. The zero-order chi connectivity index (χ0) is 13.7. The molecule has 104 valence electrons. The third-order valence-electron chi connectivity index (χ3n) is 3.67. The van der Waals surface area contributed by atoms with Crippen LogP contribution < -0.4 is 10.1 Å². The predicted octanol–water partition coefficient (Wildman–Crippen LogP) is 2.97. The van der Waals surface area contributed by atoms with Crippen LogP contribution in [0.2, 0.25) is 0 Å². The standard InChI is InChI=1S/C16H23NO2/c1-3-19-16-7-6-14(9-12(16)2)15(18)10-13-5-4-8-17-11-13/h6-7,9,13,17H,3-5,8,10-11H2,1-2H3. The minimum absolute atomic E-state index is 0.250. The summed E-state index contributed by atoms with van der Waals surface area (Å²) in [6.07, 6.45) is 3.00. The first-order valence-electron chi connectivity index (χ1n) is 7.18. The van der Waals surface area contributed by atoms with Gasteiger partial charge in [0, 0.05) is 12.0 Å². The molecule has 0 amide bonds. The van der Waals surface area contributed by atoms with Crippen molar-refractivity contribution in [3.05, 3.63) is 29.3 Å². The maximum Gasteiger partial charge on any atom is 0.163 e. The van der Waals surface area contributed by atoms with Crippen LogP contribution in [0.4, 0.5) is 0 Å². The molecule has 3 nitrogen and oxygen atoms in total. The van der Waals surface area contributed by atoms with Crippen LogP contribution >= 0.6 is 0 Å². The van der Waals surface area contributed by atoms with Crippen molar-refractivity contribution in [3.63, 3.8) is 0 Å². The molecule has 0 aliphatic carbocycles. The van der Waals surface area contributed by atoms with Crippen LogP contribution in [-0.4, -0.2) is 25.5 Å². The van der Waals surface area contributed by atoms with Gasteiger partial charge in [-0.25, -0.2) is 0 Å². The molecule has 0 spiro atoms. The summed E-state index contributed by atoms with van der Waals surface area (Å²) in [5.74, 6) is 1.62. The monoisotopic (exact) mass is 261 g/mol. The van der Waals surface area contributed by atoms with Crippen molar-refractivity contribution in [2.75, 3.05) is 19.7 Å². The predicted molar refractivity (Wildman–Crippen MR) is 76.9 cm³/mol. The van der Waals surface area contributed by atoms with E-state index >= 15 is 0 Å². The van der Waals surface area contributed by atoms with E-state index in [-0.39, 0.29) is 5.78 Å². The molecule has 1 aromatic carbocycles. The molecule has 1 N–H and O–H groups in total. The van der Waals surface area contributed by atoms with Crippen LogP contribution in [0.3, 0.4) is 0 Å². The number of aryl methyl sites for hydroxylation is 1. The van der Waals surface area contributed by atoms with Crippen molar-refractivity contribution < 1.29 is 9.53 Å². The Hall–Kier alpha value is -1.35. The Morgan fingerprint density at radius 1 is 1.47 bits per heavy atom. The number of nitrogens with one attached hydrogen (secondary N) is 1. The molecule has 1 unspecified atom stereocenters. The summed E-state index contributed by atoms with van der Waals surface area (Å²) in [5.41, 5.74) is 1.85. The topological polar surface area (TPSA) is 38.3 Å². The van der Waals surface area contributed by atoms with Crippen LogP contribution in [0.15, 0.2) is 18.2 Å². The number of hydrogen-bond acceptors (Lipinski definition) is 3. The van der Waals surface area contributed by atoms with Gasteiger partial charge in [-0.2, -0.15) is 0 Å². The summed E-state index contributed by atoms with van der Waals surface area (Å²) >= 11 is 0. The lowest BCUT2D eigenvalue weighted by Gasteiger charge is -2.22. The number of rotatable bonds is 5. The highest BCUT2D eigenvalue weighted by Crippen LogP contribution is 2.22. The van der Waals surface area contributed by atoms with Gasteiger partial charge in [0.05, 0.1) is 6.61 Å². The fraction of sp³-hybridized carbons (Fsp3) is 0.562. The third-order valence-corrected chi connectivity index (χ3v) is 3.67. The Labute approximate surface area is 115 Å². The maximum absolute atomic E-state index is 12.3. The highest BCUT2D eigenvalue weighted by Gasteiger charge is 2.18. The van der Waals surface area contributed by atoms with Crippen molar-refractivity contribution in [2.24, 2.45) is 5.92 Å². The van der Waals surface area contributed by atoms with Gasteiger partial charge in [-0.15, -0.1) is 0 Å². The molecule has 19 heavy (non-hydrogen) atoms. The molecule has 2 rings (SSSR count). The smallest absolute Gasteiger partial charge is 0.163 e. The van der Waals surface area contributed by atoms with E-state index in [1.54, 1.807) is 0 Å². The van der Waals surface area contributed by atoms with E-state index in [9.17, 15) is 4.79 Å². The van der Waals surface area contributed by atoms with E-state index in [0.717, 1.165) is 36.4 Å². The van der Waals surface area contributed by atoms with Crippen LogP contribution in [-0.2, 0) is 0 Å². The van der Waals surface area contributed by atoms with Crippen LogP contribution in [0.1, 0.15) is 42.1 Å². The molecular weight excluding hydrogens is 238 g/mol. The maximum atomic E-state index is 12.3. The number of hydrogen-bond donors (Lipinski definition) is 1. The van der Waals surface area contributed by atoms with E-state index in [0.29, 0.717) is 18.9 Å². The fourth-order valence-electron chi connectivity index (χ4n) is 2.62. The molecule has 1 fully saturated rings. The molecular formula is C16H23NO2. The first-order valence-corrected chi connectivity index (χ1v) is 7.18. The van der Waals surface area contributed by atoms with Gasteiger partial charge < -0.3 is 10.1 Å². The van der Waals surface area contributed by atoms with Crippen LogP contribution in [0.25, 0.3) is 0 Å². The SMILES string of the molecule is CCOc1ccc(C(=O)CC2CCCNC2)cc1C. The van der Waals surface area contributed by atoms with E-state index in [1.165, 1.54) is 6.42 Å². The molecule has 1 aromatic rings. The molecule has 1 atom stereocenters. The average Bonchev–Trinajstić information content (AvgIpc) is 2.42. The second-order valence-corrected chi connectivity index (χ2v) is 5.25. The van der Waals surface area contributed by atoms with Crippen LogP contribution in [0, 0.1) is 12.8 Å². The highest BCUT2D eigenvalue weighted by molar-refractivity contribution is 5.96. The zero-order valence-electron chi connectivity index (χ0n) is 11.9. The third kappa shape index (κ3) is 3.80. The number of carbonyl (C=O) groups excluding carboxylic acids is 1. The van der Waals surface area contributed by atoms with Gasteiger partial charge in [0.25, 0.3) is 0 Å². The Morgan fingerprint density at radius 2 is 2.32 bits per heavy atom. The molecule has 0 radical (unpaired) electrons. The van der Waals surface area contributed by atoms with Crippen molar-refractivity contribution in [3.8, 4) is 5.75 Å². The quantitative estimate of drug-likeness (QED) is 0.828. The van der Waals surface area contributed by atoms with Gasteiger partial charge in [-0.3, -0.25) is 4.79 Å². The van der Waals surface area contributed by atoms with Crippen LogP contribution in [0.5, 0.6) is 5.75 Å². The number of piperidine rings is 1. The average molecular weight is 261 g/mol. The lowest BCUT2D eigenvalue weighted by molar-refractivity contribution is 0.0953. The molecule has 1 heterocycles. The Balaban J connectivity index is 2.00. The minimum Gasteiger partial charge on any atom is -0.494 e. The molecule has 1 saturated heterocycles. The van der Waals surface area contributed by atoms with Gasteiger partial charge >= 0.3 is 0 Å². The molecule has 0 saturated carbocycles. The van der Waals surface area contributed by atoms with E-state index in [1.807, 2.05) is 32.0 Å². The van der Waals surface area contributed by atoms with Crippen molar-refractivity contribution in [2.45, 2.75) is 33.1 Å². The summed E-state index contributed by atoms with van der Waals surface area (Å²) < 4.78 is 5.50. The molecule has 0 aromatic heterocycles. The minimum atomic E-state index is 0.250. The number of benzene rings is 1. The normalized spacial score (nSPS) is 19.2. The second-order valence-electron chi connectivity index (χ2n) is 5.25. The first kappa shape index (κ1) is 14.1. The molecule has 0 bridgehead atoms. The number of ether oxygens (including phenoxy) is 1. The van der Waals surface area contributed by atoms with E-state index < -0.39 is 0 Å². The summed E-state index contributed by atoms with van der Waals surface area (Å²) in [6.45, 7) is 6.68. The van der Waals surface area contributed by atoms with Gasteiger partial charge in [-0.1, -0.05) is 0 Å². The summed E-state index contributed by atoms with van der Waals surface area (Å²) in [4.78, 5) is 12.3. The lowest BCUT2D eigenvalue weighted by Crippen LogP contribution is -2.31. The summed E-state index contributed by atoms with van der Waals surface area (Å²) in [5, 5.41) is 3.36. The van der Waals surface area contributed by atoms with Crippen molar-refractivity contribution in [1.82, 2.24) is 5.32 Å². The zero-order valence-corrected chi connectivity index (χ0v) is 11.9. The Morgan fingerprint density at radius 3 is 2.95 bits per heavy atom. The summed E-state index contributed by atoms with van der Waals surface area (Å²) in [6, 6.07) is 5.74. The van der Waals surface area contributed by atoms with Crippen molar-refractivity contribution in [1.29, 1.82) is 0 Å². The highest BCUT2D eigenvalue weighted by atomic mass is 16.5. The van der Waals surface area contributed by atoms with Crippen molar-refractivity contribution >= 4 is 5.78 Å². The van der Waals surface area contributed by atoms with E-state index in [4.69, 9.17) is 4.74 Å². The van der Waals surface area contributed by atoms with E-state index in [2.05, 4.69) is 5.32 Å². The molecule has 1 aliphatic rings. The second kappa shape index (κ2) is 6.71. The Kier molecular flexibility index (Phi) is 4.97.